The number of rotatable bonds is 2. The molecule has 18 heavy (non-hydrogen) atoms. The van der Waals surface area contributed by atoms with Gasteiger partial charge in [-0.25, -0.2) is 4.39 Å². The minimum atomic E-state index is -0.278. The molecule has 0 radical (unpaired) electrons. The maximum Gasteiger partial charge on any atom is 0.132 e. The van der Waals surface area contributed by atoms with Crippen LogP contribution in [0.2, 0.25) is 0 Å². The summed E-state index contributed by atoms with van der Waals surface area (Å²) in [6, 6.07) is 10.3. The molecule has 0 saturated heterocycles. The Morgan fingerprint density at radius 2 is 1.72 bits per heavy atom. The molecule has 3 nitrogen and oxygen atoms in total. The molecule has 0 aliphatic heterocycles. The Labute approximate surface area is 103 Å². The zero-order valence-corrected chi connectivity index (χ0v) is 9.47. The predicted octanol–water partition coefficient (Wildman–Crippen LogP) is 3.28. The van der Waals surface area contributed by atoms with Crippen LogP contribution in [0.25, 0.3) is 22.4 Å². The highest BCUT2D eigenvalue weighted by Crippen LogP contribution is 2.30. The van der Waals surface area contributed by atoms with Gasteiger partial charge in [0.25, 0.3) is 0 Å². The summed E-state index contributed by atoms with van der Waals surface area (Å²) in [5.41, 5.74) is 2.92. The van der Waals surface area contributed by atoms with Gasteiger partial charge in [0, 0.05) is 29.7 Å². The molecule has 2 heterocycles. The Balaban J connectivity index is 2.16. The Bertz CT molecular complexity index is 662. The summed E-state index contributed by atoms with van der Waals surface area (Å²) in [5, 5.41) is 6.92. The van der Waals surface area contributed by atoms with Crippen molar-refractivity contribution in [2.45, 2.75) is 0 Å². The lowest BCUT2D eigenvalue weighted by Crippen LogP contribution is -1.87. The van der Waals surface area contributed by atoms with Crippen molar-refractivity contribution in [1.29, 1.82) is 0 Å². The number of nitrogens with zero attached hydrogens (tertiary/aromatic N) is 2. The van der Waals surface area contributed by atoms with Crippen molar-refractivity contribution in [2.75, 3.05) is 0 Å². The largest absolute Gasteiger partial charge is 0.284 e. The van der Waals surface area contributed by atoms with Crippen LogP contribution in [0.5, 0.6) is 0 Å². The molecule has 0 unspecified atom stereocenters. The van der Waals surface area contributed by atoms with Gasteiger partial charge < -0.3 is 0 Å². The third-order valence-corrected chi connectivity index (χ3v) is 2.76. The Morgan fingerprint density at radius 1 is 0.944 bits per heavy atom. The van der Waals surface area contributed by atoms with E-state index in [0.29, 0.717) is 11.3 Å². The Morgan fingerprint density at radius 3 is 2.50 bits per heavy atom. The van der Waals surface area contributed by atoms with E-state index in [-0.39, 0.29) is 5.82 Å². The summed E-state index contributed by atoms with van der Waals surface area (Å²) in [6.45, 7) is 0. The number of benzene rings is 1. The normalized spacial score (nSPS) is 10.5. The number of aromatic nitrogens is 3. The molecule has 88 valence electrons. The molecular weight excluding hydrogens is 229 g/mol. The first-order valence-electron chi connectivity index (χ1n) is 5.55. The minimum Gasteiger partial charge on any atom is -0.284 e. The van der Waals surface area contributed by atoms with E-state index >= 15 is 0 Å². The van der Waals surface area contributed by atoms with E-state index in [1.165, 1.54) is 6.07 Å². The van der Waals surface area contributed by atoms with Gasteiger partial charge >= 0.3 is 0 Å². The molecule has 0 saturated carbocycles. The molecule has 3 aromatic rings. The molecule has 1 N–H and O–H groups in total. The van der Waals surface area contributed by atoms with Gasteiger partial charge in [-0.15, -0.1) is 0 Å². The van der Waals surface area contributed by atoms with Gasteiger partial charge in [0.2, 0.25) is 0 Å². The van der Waals surface area contributed by atoms with E-state index in [1.807, 2.05) is 12.1 Å². The lowest BCUT2D eigenvalue weighted by Gasteiger charge is -2.03. The van der Waals surface area contributed by atoms with E-state index in [1.54, 1.807) is 36.8 Å². The van der Waals surface area contributed by atoms with Crippen LogP contribution in [-0.2, 0) is 0 Å². The number of aromatic amines is 1. The number of pyridine rings is 1. The van der Waals surface area contributed by atoms with Gasteiger partial charge in [0.1, 0.15) is 11.5 Å². The van der Waals surface area contributed by atoms with Gasteiger partial charge in [-0.3, -0.25) is 10.1 Å². The molecule has 0 atom stereocenters. The molecule has 0 aliphatic carbocycles. The fourth-order valence-electron chi connectivity index (χ4n) is 1.90. The second-order valence-corrected chi connectivity index (χ2v) is 3.86. The monoisotopic (exact) mass is 239 g/mol. The van der Waals surface area contributed by atoms with Crippen molar-refractivity contribution in [3.8, 4) is 22.4 Å². The summed E-state index contributed by atoms with van der Waals surface area (Å²) in [5.74, 6) is -0.278. The molecule has 0 bridgehead atoms. The Kier molecular flexibility index (Phi) is 2.61. The van der Waals surface area contributed by atoms with Gasteiger partial charge in [-0.2, -0.15) is 5.10 Å². The van der Waals surface area contributed by atoms with Crippen molar-refractivity contribution in [2.24, 2.45) is 0 Å². The second kappa shape index (κ2) is 4.41. The van der Waals surface area contributed by atoms with Crippen LogP contribution >= 0.6 is 0 Å². The minimum absolute atomic E-state index is 0.278. The van der Waals surface area contributed by atoms with Gasteiger partial charge in [-0.05, 0) is 29.8 Å². The number of halogens is 1. The average Bonchev–Trinajstić information content (AvgIpc) is 2.89. The first-order chi connectivity index (χ1) is 8.86. The summed E-state index contributed by atoms with van der Waals surface area (Å²) >= 11 is 0. The molecule has 3 rings (SSSR count). The first-order valence-corrected chi connectivity index (χ1v) is 5.55. The zero-order valence-electron chi connectivity index (χ0n) is 9.47. The number of nitrogens with one attached hydrogen (secondary N) is 1. The van der Waals surface area contributed by atoms with Crippen molar-refractivity contribution in [3.05, 3.63) is 60.8 Å². The molecule has 0 amide bonds. The van der Waals surface area contributed by atoms with Crippen LogP contribution in [0, 0.1) is 5.82 Å². The lowest BCUT2D eigenvalue weighted by molar-refractivity contribution is 0.630. The molecule has 2 aromatic heterocycles. The molecule has 0 fully saturated rings. The fraction of sp³-hybridized carbons (Fsp3) is 0. The van der Waals surface area contributed by atoms with E-state index in [4.69, 9.17) is 0 Å². The SMILES string of the molecule is Fc1ccccc1-c1n[nH]cc1-c1ccncc1. The van der Waals surface area contributed by atoms with Gasteiger partial charge in [0.05, 0.1) is 0 Å². The highest BCUT2D eigenvalue weighted by molar-refractivity contribution is 5.80. The first kappa shape index (κ1) is 10.7. The summed E-state index contributed by atoms with van der Waals surface area (Å²) < 4.78 is 13.8. The third kappa shape index (κ3) is 1.78. The van der Waals surface area contributed by atoms with E-state index in [2.05, 4.69) is 15.2 Å². The highest BCUT2D eigenvalue weighted by atomic mass is 19.1. The number of H-pyrrole nitrogens is 1. The van der Waals surface area contributed by atoms with Gasteiger partial charge in [-0.1, -0.05) is 12.1 Å². The van der Waals surface area contributed by atoms with Crippen molar-refractivity contribution >= 4 is 0 Å². The number of hydrogen-bond donors (Lipinski definition) is 1. The fourth-order valence-corrected chi connectivity index (χ4v) is 1.90. The maximum absolute atomic E-state index is 13.8. The van der Waals surface area contributed by atoms with Crippen molar-refractivity contribution in [1.82, 2.24) is 15.2 Å². The molecule has 0 spiro atoms. The van der Waals surface area contributed by atoms with Crippen LogP contribution in [0.1, 0.15) is 0 Å². The molecular formula is C14H10FN3. The van der Waals surface area contributed by atoms with Crippen molar-refractivity contribution in [3.63, 3.8) is 0 Å². The predicted molar refractivity (Wildman–Crippen MR) is 67.2 cm³/mol. The van der Waals surface area contributed by atoms with Crippen LogP contribution in [0.4, 0.5) is 4.39 Å². The molecule has 4 heteroatoms. The van der Waals surface area contributed by atoms with Crippen LogP contribution in [0.15, 0.2) is 55.0 Å². The standard InChI is InChI=1S/C14H10FN3/c15-13-4-2-1-3-11(13)14-12(9-17-18-14)10-5-7-16-8-6-10/h1-9H,(H,17,18). The van der Waals surface area contributed by atoms with Crippen molar-refractivity contribution < 1.29 is 4.39 Å². The number of hydrogen-bond acceptors (Lipinski definition) is 2. The van der Waals surface area contributed by atoms with E-state index in [9.17, 15) is 4.39 Å². The smallest absolute Gasteiger partial charge is 0.132 e. The van der Waals surface area contributed by atoms with E-state index < -0.39 is 0 Å². The quantitative estimate of drug-likeness (QED) is 0.745. The maximum atomic E-state index is 13.8. The highest BCUT2D eigenvalue weighted by Gasteiger charge is 2.13. The lowest BCUT2D eigenvalue weighted by atomic mass is 10.0. The Hall–Kier alpha value is -2.49. The topological polar surface area (TPSA) is 41.6 Å². The molecule has 0 aliphatic rings. The summed E-state index contributed by atoms with van der Waals surface area (Å²) in [6.07, 6.45) is 5.16. The average molecular weight is 239 g/mol. The summed E-state index contributed by atoms with van der Waals surface area (Å²) in [4.78, 5) is 3.97. The van der Waals surface area contributed by atoms with Crippen LogP contribution < -0.4 is 0 Å². The second-order valence-electron chi connectivity index (χ2n) is 3.86. The zero-order chi connectivity index (χ0) is 12.4. The van der Waals surface area contributed by atoms with Crippen LogP contribution in [0.3, 0.4) is 0 Å². The van der Waals surface area contributed by atoms with E-state index in [0.717, 1.165) is 11.1 Å². The van der Waals surface area contributed by atoms with Crippen LogP contribution in [-0.4, -0.2) is 15.2 Å². The van der Waals surface area contributed by atoms with Gasteiger partial charge in [0.15, 0.2) is 0 Å². The third-order valence-electron chi connectivity index (χ3n) is 2.76. The summed E-state index contributed by atoms with van der Waals surface area (Å²) in [7, 11) is 0. The molecule has 1 aromatic carbocycles.